The van der Waals surface area contributed by atoms with E-state index in [9.17, 15) is 4.79 Å². The van der Waals surface area contributed by atoms with Gasteiger partial charge in [-0.25, -0.2) is 4.79 Å². The lowest BCUT2D eigenvalue weighted by atomic mass is 10.1. The number of benzene rings is 1. The van der Waals surface area contributed by atoms with Crippen LogP contribution in [0.3, 0.4) is 0 Å². The van der Waals surface area contributed by atoms with E-state index in [-0.39, 0.29) is 5.69 Å². The number of imidazole rings is 1. The zero-order chi connectivity index (χ0) is 9.97. The monoisotopic (exact) mass is 188 g/mol. The third kappa shape index (κ3) is 1.48. The van der Waals surface area contributed by atoms with Crippen LogP contribution in [0.2, 0.25) is 0 Å². The molecule has 0 amide bonds. The Kier molecular flexibility index (Phi) is 2.23. The van der Waals surface area contributed by atoms with Gasteiger partial charge in [0.2, 0.25) is 0 Å². The number of hydrogen-bond donors (Lipinski definition) is 1. The van der Waals surface area contributed by atoms with Gasteiger partial charge >= 0.3 is 5.69 Å². The minimum Gasteiger partial charge on any atom is -0.312 e. The molecule has 1 aromatic carbocycles. The number of nitrogens with zero attached hydrogens (tertiary/aromatic N) is 1. The number of nitrogens with one attached hydrogen (secondary N) is 1. The van der Waals surface area contributed by atoms with Gasteiger partial charge in [-0.15, -0.1) is 0 Å². The Labute approximate surface area is 82.0 Å². The Morgan fingerprint density at radius 2 is 2.00 bits per heavy atom. The van der Waals surface area contributed by atoms with Crippen molar-refractivity contribution >= 4 is 0 Å². The SMILES string of the molecule is CCc1ccc(-n2cc[nH]c2=O)cc1. The molecule has 0 aliphatic carbocycles. The van der Waals surface area contributed by atoms with Gasteiger partial charge in [0.15, 0.2) is 0 Å². The van der Waals surface area contributed by atoms with E-state index in [1.807, 2.05) is 24.3 Å². The van der Waals surface area contributed by atoms with E-state index in [0.29, 0.717) is 0 Å². The second kappa shape index (κ2) is 3.54. The zero-order valence-electron chi connectivity index (χ0n) is 8.03. The molecule has 14 heavy (non-hydrogen) atoms. The number of aryl methyl sites for hydroxylation is 1. The van der Waals surface area contributed by atoms with Crippen LogP contribution in [-0.2, 0) is 6.42 Å². The fourth-order valence-electron chi connectivity index (χ4n) is 1.42. The minimum atomic E-state index is -0.103. The first-order chi connectivity index (χ1) is 6.81. The van der Waals surface area contributed by atoms with Crippen LogP contribution in [0.15, 0.2) is 41.5 Å². The lowest BCUT2D eigenvalue weighted by Crippen LogP contribution is -2.13. The first-order valence-electron chi connectivity index (χ1n) is 4.66. The Hall–Kier alpha value is -1.77. The molecular weight excluding hydrogens is 176 g/mol. The van der Waals surface area contributed by atoms with Crippen molar-refractivity contribution in [2.45, 2.75) is 13.3 Å². The highest BCUT2D eigenvalue weighted by molar-refractivity contribution is 5.34. The maximum atomic E-state index is 11.3. The summed E-state index contributed by atoms with van der Waals surface area (Å²) in [6.45, 7) is 2.11. The van der Waals surface area contributed by atoms with Gasteiger partial charge in [0.25, 0.3) is 0 Å². The second-order valence-electron chi connectivity index (χ2n) is 3.16. The molecule has 0 aliphatic rings. The summed E-state index contributed by atoms with van der Waals surface area (Å²) in [6, 6.07) is 7.98. The summed E-state index contributed by atoms with van der Waals surface area (Å²) < 4.78 is 1.58. The van der Waals surface area contributed by atoms with Crippen molar-refractivity contribution in [2.75, 3.05) is 0 Å². The molecule has 0 saturated heterocycles. The van der Waals surface area contributed by atoms with Crippen LogP contribution in [0.4, 0.5) is 0 Å². The van der Waals surface area contributed by atoms with Crippen molar-refractivity contribution in [1.29, 1.82) is 0 Å². The van der Waals surface area contributed by atoms with Gasteiger partial charge in [0.1, 0.15) is 0 Å². The summed E-state index contributed by atoms with van der Waals surface area (Å²) in [5.41, 5.74) is 2.07. The molecule has 0 bridgehead atoms. The van der Waals surface area contributed by atoms with Crippen LogP contribution in [0, 0.1) is 0 Å². The number of aromatic amines is 1. The third-order valence-corrected chi connectivity index (χ3v) is 2.27. The summed E-state index contributed by atoms with van der Waals surface area (Å²) in [5, 5.41) is 0. The van der Waals surface area contributed by atoms with Gasteiger partial charge in [-0.05, 0) is 24.1 Å². The minimum absolute atomic E-state index is 0.103. The molecule has 0 radical (unpaired) electrons. The van der Waals surface area contributed by atoms with Crippen molar-refractivity contribution in [3.63, 3.8) is 0 Å². The van der Waals surface area contributed by atoms with Crippen molar-refractivity contribution in [1.82, 2.24) is 9.55 Å². The molecule has 72 valence electrons. The highest BCUT2D eigenvalue weighted by Gasteiger charge is 1.98. The topological polar surface area (TPSA) is 37.8 Å². The molecule has 0 spiro atoms. The van der Waals surface area contributed by atoms with E-state index < -0.39 is 0 Å². The molecular formula is C11H12N2O. The van der Waals surface area contributed by atoms with Crippen LogP contribution in [0.1, 0.15) is 12.5 Å². The smallest absolute Gasteiger partial charge is 0.312 e. The van der Waals surface area contributed by atoms with Crippen LogP contribution >= 0.6 is 0 Å². The van der Waals surface area contributed by atoms with E-state index in [2.05, 4.69) is 11.9 Å². The molecule has 2 rings (SSSR count). The van der Waals surface area contributed by atoms with Gasteiger partial charge < -0.3 is 4.98 Å². The van der Waals surface area contributed by atoms with E-state index in [0.717, 1.165) is 12.1 Å². The largest absolute Gasteiger partial charge is 0.330 e. The van der Waals surface area contributed by atoms with Crippen LogP contribution in [0.25, 0.3) is 5.69 Å². The average Bonchev–Trinajstić information content (AvgIpc) is 2.65. The summed E-state index contributed by atoms with van der Waals surface area (Å²) in [7, 11) is 0. The van der Waals surface area contributed by atoms with Gasteiger partial charge in [-0.3, -0.25) is 4.57 Å². The molecule has 1 N–H and O–H groups in total. The van der Waals surface area contributed by atoms with E-state index in [1.54, 1.807) is 17.0 Å². The summed E-state index contributed by atoms with van der Waals surface area (Å²) in [4.78, 5) is 13.9. The Bertz CT molecular complexity index is 465. The summed E-state index contributed by atoms with van der Waals surface area (Å²) in [5.74, 6) is 0. The predicted octanol–water partition coefficient (Wildman–Crippen LogP) is 1.73. The van der Waals surface area contributed by atoms with Gasteiger partial charge in [0.05, 0.1) is 5.69 Å². The Morgan fingerprint density at radius 3 is 2.50 bits per heavy atom. The maximum Gasteiger partial charge on any atom is 0.330 e. The fourth-order valence-corrected chi connectivity index (χ4v) is 1.42. The van der Waals surface area contributed by atoms with Crippen molar-refractivity contribution in [3.05, 3.63) is 52.7 Å². The third-order valence-electron chi connectivity index (χ3n) is 2.27. The van der Waals surface area contributed by atoms with Crippen molar-refractivity contribution in [2.24, 2.45) is 0 Å². The second-order valence-corrected chi connectivity index (χ2v) is 3.16. The zero-order valence-corrected chi connectivity index (χ0v) is 8.03. The molecule has 0 unspecified atom stereocenters. The molecule has 0 atom stereocenters. The van der Waals surface area contributed by atoms with Gasteiger partial charge in [-0.2, -0.15) is 0 Å². The van der Waals surface area contributed by atoms with Crippen LogP contribution in [-0.4, -0.2) is 9.55 Å². The number of H-pyrrole nitrogens is 1. The lowest BCUT2D eigenvalue weighted by Gasteiger charge is -2.01. The Morgan fingerprint density at radius 1 is 1.29 bits per heavy atom. The molecule has 1 heterocycles. The van der Waals surface area contributed by atoms with E-state index in [1.165, 1.54) is 5.56 Å². The van der Waals surface area contributed by atoms with Crippen LogP contribution < -0.4 is 5.69 Å². The predicted molar refractivity (Wildman–Crippen MR) is 55.8 cm³/mol. The van der Waals surface area contributed by atoms with Crippen LogP contribution in [0.5, 0.6) is 0 Å². The maximum absolute atomic E-state index is 11.3. The van der Waals surface area contributed by atoms with Crippen molar-refractivity contribution < 1.29 is 0 Å². The van der Waals surface area contributed by atoms with E-state index >= 15 is 0 Å². The lowest BCUT2D eigenvalue weighted by molar-refractivity contribution is 0.983. The molecule has 0 aliphatic heterocycles. The van der Waals surface area contributed by atoms with Gasteiger partial charge in [0, 0.05) is 12.4 Å². The standard InChI is InChI=1S/C11H12N2O/c1-2-9-3-5-10(6-4-9)13-8-7-12-11(13)14/h3-8H,2H2,1H3,(H,12,14). The Balaban J connectivity index is 2.44. The van der Waals surface area contributed by atoms with Gasteiger partial charge in [-0.1, -0.05) is 19.1 Å². The number of aromatic nitrogens is 2. The quantitative estimate of drug-likeness (QED) is 0.765. The van der Waals surface area contributed by atoms with Crippen molar-refractivity contribution in [3.8, 4) is 5.69 Å². The molecule has 0 fully saturated rings. The molecule has 0 saturated carbocycles. The van der Waals surface area contributed by atoms with E-state index in [4.69, 9.17) is 0 Å². The average molecular weight is 188 g/mol. The normalized spacial score (nSPS) is 10.4. The molecule has 3 heteroatoms. The first kappa shape index (κ1) is 8.81. The fraction of sp³-hybridized carbons (Fsp3) is 0.182. The number of rotatable bonds is 2. The molecule has 3 nitrogen and oxygen atoms in total. The highest BCUT2D eigenvalue weighted by atomic mass is 16.1. The summed E-state index contributed by atoms with van der Waals surface area (Å²) in [6.07, 6.45) is 4.38. The summed E-state index contributed by atoms with van der Waals surface area (Å²) >= 11 is 0. The molecule has 2 aromatic rings. The number of hydrogen-bond acceptors (Lipinski definition) is 1. The molecule has 1 aromatic heterocycles. The highest BCUT2D eigenvalue weighted by Crippen LogP contribution is 2.07. The first-order valence-corrected chi connectivity index (χ1v) is 4.66.